The number of aryl methyl sites for hydroxylation is 1. The van der Waals surface area contributed by atoms with Crippen LogP contribution in [0.4, 0.5) is 5.13 Å². The highest BCUT2D eigenvalue weighted by molar-refractivity contribution is 7.15. The monoisotopic (exact) mass is 347 g/mol. The molecule has 24 heavy (non-hydrogen) atoms. The number of hydrogen-bond donors (Lipinski definition) is 1. The quantitative estimate of drug-likeness (QED) is 0.886. The van der Waals surface area contributed by atoms with Crippen LogP contribution in [0.25, 0.3) is 0 Å². The molecule has 1 amide bonds. The van der Waals surface area contributed by atoms with Crippen molar-refractivity contribution < 1.29 is 9.53 Å². The van der Waals surface area contributed by atoms with Crippen molar-refractivity contribution in [2.75, 3.05) is 25.0 Å². The van der Waals surface area contributed by atoms with Gasteiger partial charge in [0.05, 0.1) is 12.7 Å². The van der Waals surface area contributed by atoms with E-state index >= 15 is 0 Å². The summed E-state index contributed by atoms with van der Waals surface area (Å²) in [5.41, 5.74) is 1.01. The molecule has 2 aromatic rings. The Morgan fingerprint density at radius 3 is 3.17 bits per heavy atom. The topological polar surface area (TPSA) is 80.2 Å². The van der Waals surface area contributed by atoms with Crippen LogP contribution in [-0.2, 0) is 22.5 Å². The highest BCUT2D eigenvalue weighted by Gasteiger charge is 2.22. The highest BCUT2D eigenvalue weighted by atomic mass is 32.1. The Bertz CT molecular complexity index is 705. The number of thiazole rings is 1. The molecule has 1 N–H and O–H groups in total. The van der Waals surface area contributed by atoms with Gasteiger partial charge < -0.3 is 10.1 Å². The molecule has 8 heteroatoms. The van der Waals surface area contributed by atoms with E-state index in [-0.39, 0.29) is 12.0 Å². The first kappa shape index (κ1) is 16.9. The van der Waals surface area contributed by atoms with E-state index in [4.69, 9.17) is 4.74 Å². The van der Waals surface area contributed by atoms with Crippen LogP contribution in [0, 0.1) is 6.92 Å². The zero-order chi connectivity index (χ0) is 16.9. The summed E-state index contributed by atoms with van der Waals surface area (Å²) >= 11 is 1.52. The molecule has 0 spiro atoms. The highest BCUT2D eigenvalue weighted by Crippen LogP contribution is 2.21. The second kappa shape index (κ2) is 7.78. The average Bonchev–Trinajstić information content (AvgIpc) is 2.94. The maximum absolute atomic E-state index is 11.1. The Morgan fingerprint density at radius 2 is 2.38 bits per heavy atom. The maximum atomic E-state index is 11.1. The number of carbonyl (C=O) groups is 1. The molecule has 0 aliphatic carbocycles. The minimum absolute atomic E-state index is 0.0949. The van der Waals surface area contributed by atoms with Crippen molar-refractivity contribution in [3.63, 3.8) is 0 Å². The maximum Gasteiger partial charge on any atom is 0.223 e. The molecule has 1 atom stereocenters. The summed E-state index contributed by atoms with van der Waals surface area (Å²) in [6, 6.07) is 1.94. The predicted octanol–water partition coefficient (Wildman–Crippen LogP) is 1.64. The van der Waals surface area contributed by atoms with Crippen LogP contribution < -0.4 is 5.32 Å². The van der Waals surface area contributed by atoms with Gasteiger partial charge in [-0.2, -0.15) is 0 Å². The molecule has 0 saturated carbocycles. The standard InChI is InChI=1S/C16H21N5O2S/c1-11-17-4-3-13(19-11)7-14-9-21(5-6-23-14)10-15-8-18-16(24-15)20-12(2)22/h3-4,8,14H,5-7,9-10H2,1-2H3,(H,18,20,22)/t14-/m1/s1. The zero-order valence-electron chi connectivity index (χ0n) is 13.9. The van der Waals surface area contributed by atoms with Crippen LogP contribution in [0.1, 0.15) is 23.3 Å². The molecule has 0 aromatic carbocycles. The number of amides is 1. The zero-order valence-corrected chi connectivity index (χ0v) is 14.7. The van der Waals surface area contributed by atoms with E-state index in [1.807, 2.05) is 19.2 Å². The van der Waals surface area contributed by atoms with Crippen LogP contribution in [0.2, 0.25) is 0 Å². The smallest absolute Gasteiger partial charge is 0.223 e. The lowest BCUT2D eigenvalue weighted by molar-refractivity contribution is -0.114. The van der Waals surface area contributed by atoms with Crippen LogP contribution >= 0.6 is 11.3 Å². The Hall–Kier alpha value is -1.90. The van der Waals surface area contributed by atoms with Gasteiger partial charge in [-0.15, -0.1) is 11.3 Å². The minimum Gasteiger partial charge on any atom is -0.375 e. The van der Waals surface area contributed by atoms with E-state index in [2.05, 4.69) is 25.2 Å². The van der Waals surface area contributed by atoms with Gasteiger partial charge in [0.1, 0.15) is 5.82 Å². The van der Waals surface area contributed by atoms with Gasteiger partial charge in [0.25, 0.3) is 0 Å². The molecule has 0 radical (unpaired) electrons. The van der Waals surface area contributed by atoms with Crippen molar-refractivity contribution in [3.05, 3.63) is 34.9 Å². The fourth-order valence-electron chi connectivity index (χ4n) is 2.71. The van der Waals surface area contributed by atoms with Crippen molar-refractivity contribution in [3.8, 4) is 0 Å². The third-order valence-electron chi connectivity index (χ3n) is 3.71. The van der Waals surface area contributed by atoms with Gasteiger partial charge in [-0.1, -0.05) is 0 Å². The second-order valence-electron chi connectivity index (χ2n) is 5.84. The van der Waals surface area contributed by atoms with Crippen molar-refractivity contribution >= 4 is 22.4 Å². The lowest BCUT2D eigenvalue weighted by Crippen LogP contribution is -2.42. The number of aromatic nitrogens is 3. The Balaban J connectivity index is 1.55. The Morgan fingerprint density at radius 1 is 1.50 bits per heavy atom. The molecule has 1 aliphatic rings. The molecule has 1 aliphatic heterocycles. The van der Waals surface area contributed by atoms with Crippen molar-refractivity contribution in [2.45, 2.75) is 32.9 Å². The summed E-state index contributed by atoms with van der Waals surface area (Å²) in [4.78, 5) is 27.4. The lowest BCUT2D eigenvalue weighted by Gasteiger charge is -2.32. The average molecular weight is 347 g/mol. The largest absolute Gasteiger partial charge is 0.375 e. The van der Waals surface area contributed by atoms with E-state index in [1.54, 1.807) is 6.20 Å². The third kappa shape index (κ3) is 4.80. The van der Waals surface area contributed by atoms with E-state index in [1.165, 1.54) is 18.3 Å². The number of nitrogens with one attached hydrogen (secondary N) is 1. The van der Waals surface area contributed by atoms with Gasteiger partial charge in [-0.3, -0.25) is 9.69 Å². The molecule has 3 rings (SSSR count). The van der Waals surface area contributed by atoms with Gasteiger partial charge in [0, 0.05) is 55.9 Å². The summed E-state index contributed by atoms with van der Waals surface area (Å²) < 4.78 is 5.88. The molecular weight excluding hydrogens is 326 g/mol. The molecule has 2 aromatic heterocycles. The van der Waals surface area contributed by atoms with Gasteiger partial charge >= 0.3 is 0 Å². The predicted molar refractivity (Wildman–Crippen MR) is 91.9 cm³/mol. The van der Waals surface area contributed by atoms with Crippen LogP contribution in [0.15, 0.2) is 18.5 Å². The molecule has 128 valence electrons. The molecular formula is C16H21N5O2S. The van der Waals surface area contributed by atoms with Gasteiger partial charge in [0.2, 0.25) is 5.91 Å². The molecule has 0 unspecified atom stereocenters. The number of rotatable bonds is 5. The summed E-state index contributed by atoms with van der Waals surface area (Å²) in [5.74, 6) is 0.692. The van der Waals surface area contributed by atoms with E-state index in [0.717, 1.165) is 42.5 Å². The molecule has 0 bridgehead atoms. The molecule has 3 heterocycles. The Kier molecular flexibility index (Phi) is 5.49. The Labute approximate surface area is 145 Å². The summed E-state index contributed by atoms with van der Waals surface area (Å²) in [7, 11) is 0. The fraction of sp³-hybridized carbons (Fsp3) is 0.500. The number of anilines is 1. The number of hydrogen-bond acceptors (Lipinski definition) is 7. The van der Waals surface area contributed by atoms with Crippen molar-refractivity contribution in [2.24, 2.45) is 0 Å². The van der Waals surface area contributed by atoms with E-state index < -0.39 is 0 Å². The summed E-state index contributed by atoms with van der Waals surface area (Å²) in [6.07, 6.45) is 4.54. The number of ether oxygens (including phenoxy) is 1. The van der Waals surface area contributed by atoms with E-state index in [0.29, 0.717) is 11.7 Å². The van der Waals surface area contributed by atoms with E-state index in [9.17, 15) is 4.79 Å². The van der Waals surface area contributed by atoms with Crippen LogP contribution in [-0.4, -0.2) is 51.6 Å². The normalized spacial score (nSPS) is 18.5. The number of nitrogens with zero attached hydrogens (tertiary/aromatic N) is 4. The van der Waals surface area contributed by atoms with Crippen LogP contribution in [0.3, 0.4) is 0 Å². The first-order valence-electron chi connectivity index (χ1n) is 7.93. The van der Waals surface area contributed by atoms with Gasteiger partial charge in [-0.25, -0.2) is 15.0 Å². The third-order valence-corrected chi connectivity index (χ3v) is 4.61. The van der Waals surface area contributed by atoms with Crippen LogP contribution in [0.5, 0.6) is 0 Å². The first-order valence-corrected chi connectivity index (χ1v) is 8.75. The van der Waals surface area contributed by atoms with Crippen molar-refractivity contribution in [1.29, 1.82) is 0 Å². The molecule has 7 nitrogen and oxygen atoms in total. The second-order valence-corrected chi connectivity index (χ2v) is 6.96. The molecule has 1 saturated heterocycles. The fourth-order valence-corrected chi connectivity index (χ4v) is 3.61. The SMILES string of the molecule is CC(=O)Nc1ncc(CN2CCO[C@H](Cc3ccnc(C)n3)C2)s1. The molecule has 1 fully saturated rings. The number of carbonyl (C=O) groups excluding carboxylic acids is 1. The van der Waals surface area contributed by atoms with Gasteiger partial charge in [-0.05, 0) is 13.0 Å². The lowest BCUT2D eigenvalue weighted by atomic mass is 10.1. The summed E-state index contributed by atoms with van der Waals surface area (Å²) in [6.45, 7) is 6.67. The number of morpholine rings is 1. The summed E-state index contributed by atoms with van der Waals surface area (Å²) in [5, 5.41) is 3.37. The van der Waals surface area contributed by atoms with Gasteiger partial charge in [0.15, 0.2) is 5.13 Å². The van der Waals surface area contributed by atoms with Crippen molar-refractivity contribution in [1.82, 2.24) is 19.9 Å². The minimum atomic E-state index is -0.0949. The first-order chi connectivity index (χ1) is 11.6.